The summed E-state index contributed by atoms with van der Waals surface area (Å²) in [4.78, 5) is 0. The molecule has 1 saturated carbocycles. The molecular formula is C24H32. The van der Waals surface area contributed by atoms with Gasteiger partial charge in [-0.2, -0.15) is 0 Å². The minimum Gasteiger partial charge on any atom is -0.0625 e. The highest BCUT2D eigenvalue weighted by atomic mass is 14.3. The summed E-state index contributed by atoms with van der Waals surface area (Å²) in [6.07, 6.45) is 9.29. The first-order valence-electron chi connectivity index (χ1n) is 9.82. The van der Waals surface area contributed by atoms with Crippen molar-refractivity contribution in [3.05, 3.63) is 71.3 Å². The van der Waals surface area contributed by atoms with Crippen molar-refractivity contribution in [2.75, 3.05) is 0 Å². The van der Waals surface area contributed by atoms with Crippen LogP contribution in [0.15, 0.2) is 54.6 Å². The van der Waals surface area contributed by atoms with Crippen LogP contribution in [0.5, 0.6) is 0 Å². The Hall–Kier alpha value is -1.56. The third-order valence-electron chi connectivity index (χ3n) is 5.96. The lowest BCUT2D eigenvalue weighted by Crippen LogP contribution is -2.20. The van der Waals surface area contributed by atoms with Gasteiger partial charge in [0.05, 0.1) is 0 Å². The van der Waals surface area contributed by atoms with Crippen LogP contribution in [0, 0.1) is 17.8 Å². The molecule has 1 atom stereocenters. The zero-order chi connectivity index (χ0) is 16.8. The molecule has 1 unspecified atom stereocenters. The molecule has 0 nitrogen and oxygen atoms in total. The third kappa shape index (κ3) is 4.97. The van der Waals surface area contributed by atoms with E-state index in [4.69, 9.17) is 0 Å². The van der Waals surface area contributed by atoms with Gasteiger partial charge in [0.2, 0.25) is 0 Å². The standard InChI is InChI=1S/C24H32/c1-19-11-15-24(16-12-19)20(2)17-23-10-6-9-22(18-23)14-13-21-7-4-3-5-8-21/h3-10,18-20,24H,11-17H2,1-2H3. The van der Waals surface area contributed by atoms with Crippen molar-refractivity contribution in [3.63, 3.8) is 0 Å². The monoisotopic (exact) mass is 320 g/mol. The van der Waals surface area contributed by atoms with E-state index in [0.717, 1.165) is 30.6 Å². The minimum absolute atomic E-state index is 0.821. The average Bonchev–Trinajstić information content (AvgIpc) is 2.62. The number of hydrogen-bond acceptors (Lipinski definition) is 0. The molecule has 0 radical (unpaired) electrons. The largest absolute Gasteiger partial charge is 0.0625 e. The summed E-state index contributed by atoms with van der Waals surface area (Å²) in [7, 11) is 0. The number of rotatable bonds is 6. The molecule has 0 amide bonds. The third-order valence-corrected chi connectivity index (χ3v) is 5.96. The molecule has 1 aliphatic rings. The molecule has 0 aromatic heterocycles. The smallest absolute Gasteiger partial charge is 0.0238 e. The van der Waals surface area contributed by atoms with Crippen LogP contribution in [-0.4, -0.2) is 0 Å². The normalized spacial score (nSPS) is 22.2. The lowest BCUT2D eigenvalue weighted by atomic mass is 9.75. The van der Waals surface area contributed by atoms with Crippen LogP contribution < -0.4 is 0 Å². The molecule has 0 bridgehead atoms. The summed E-state index contributed by atoms with van der Waals surface area (Å²) in [6, 6.07) is 20.2. The fraction of sp³-hybridized carbons (Fsp3) is 0.500. The van der Waals surface area contributed by atoms with E-state index in [1.807, 2.05) is 0 Å². The summed E-state index contributed by atoms with van der Waals surface area (Å²) in [5.41, 5.74) is 4.46. The summed E-state index contributed by atoms with van der Waals surface area (Å²) >= 11 is 0. The Labute approximate surface area is 148 Å². The predicted octanol–water partition coefficient (Wildman–Crippen LogP) is 6.48. The molecular weight excluding hydrogens is 288 g/mol. The zero-order valence-corrected chi connectivity index (χ0v) is 15.4. The molecule has 0 aliphatic heterocycles. The van der Waals surface area contributed by atoms with Crippen LogP contribution in [0.25, 0.3) is 0 Å². The Morgan fingerprint density at radius 3 is 2.17 bits per heavy atom. The molecule has 0 N–H and O–H groups in total. The first-order chi connectivity index (χ1) is 11.7. The number of hydrogen-bond donors (Lipinski definition) is 0. The number of benzene rings is 2. The van der Waals surface area contributed by atoms with Crippen LogP contribution in [0.4, 0.5) is 0 Å². The molecule has 1 fully saturated rings. The summed E-state index contributed by atoms with van der Waals surface area (Å²) in [5, 5.41) is 0. The molecule has 0 saturated heterocycles. The molecule has 3 rings (SSSR count). The van der Waals surface area contributed by atoms with E-state index in [9.17, 15) is 0 Å². The SMILES string of the molecule is CC1CCC(C(C)Cc2cccc(CCc3ccccc3)c2)CC1. The van der Waals surface area contributed by atoms with E-state index in [1.165, 1.54) is 48.8 Å². The van der Waals surface area contributed by atoms with E-state index < -0.39 is 0 Å². The molecule has 0 heterocycles. The summed E-state index contributed by atoms with van der Waals surface area (Å²) < 4.78 is 0. The Balaban J connectivity index is 1.54. The van der Waals surface area contributed by atoms with E-state index >= 15 is 0 Å². The fourth-order valence-electron chi connectivity index (χ4n) is 4.24. The van der Waals surface area contributed by atoms with Crippen molar-refractivity contribution in [1.82, 2.24) is 0 Å². The minimum atomic E-state index is 0.821. The Kier molecular flexibility index (Phi) is 6.12. The van der Waals surface area contributed by atoms with Crippen molar-refractivity contribution in [2.24, 2.45) is 17.8 Å². The van der Waals surface area contributed by atoms with E-state index in [2.05, 4.69) is 68.4 Å². The molecule has 2 aromatic rings. The van der Waals surface area contributed by atoms with Crippen LogP contribution in [0.3, 0.4) is 0 Å². The van der Waals surface area contributed by atoms with Gasteiger partial charge >= 0.3 is 0 Å². The number of aryl methyl sites for hydroxylation is 2. The van der Waals surface area contributed by atoms with Crippen molar-refractivity contribution in [3.8, 4) is 0 Å². The highest BCUT2D eigenvalue weighted by Gasteiger charge is 2.23. The maximum absolute atomic E-state index is 2.47. The van der Waals surface area contributed by atoms with Gasteiger partial charge in [0, 0.05) is 0 Å². The van der Waals surface area contributed by atoms with Gasteiger partial charge in [0.15, 0.2) is 0 Å². The van der Waals surface area contributed by atoms with Crippen LogP contribution in [0.2, 0.25) is 0 Å². The lowest BCUT2D eigenvalue weighted by Gasteiger charge is -2.31. The second-order valence-corrected chi connectivity index (χ2v) is 8.01. The van der Waals surface area contributed by atoms with Gasteiger partial charge in [0.1, 0.15) is 0 Å². The van der Waals surface area contributed by atoms with Crippen molar-refractivity contribution >= 4 is 0 Å². The predicted molar refractivity (Wildman–Crippen MR) is 104 cm³/mol. The quantitative estimate of drug-likeness (QED) is 0.571. The maximum Gasteiger partial charge on any atom is -0.0238 e. The second kappa shape index (κ2) is 8.51. The fourth-order valence-corrected chi connectivity index (χ4v) is 4.24. The zero-order valence-electron chi connectivity index (χ0n) is 15.4. The highest BCUT2D eigenvalue weighted by Crippen LogP contribution is 2.34. The first kappa shape index (κ1) is 17.3. The van der Waals surface area contributed by atoms with Crippen molar-refractivity contribution in [1.29, 1.82) is 0 Å². The van der Waals surface area contributed by atoms with Crippen LogP contribution in [0.1, 0.15) is 56.2 Å². The highest BCUT2D eigenvalue weighted by molar-refractivity contribution is 5.25. The van der Waals surface area contributed by atoms with Gasteiger partial charge in [-0.05, 0) is 66.5 Å². The van der Waals surface area contributed by atoms with E-state index in [0.29, 0.717) is 0 Å². The summed E-state index contributed by atoms with van der Waals surface area (Å²) in [5.74, 6) is 2.71. The Morgan fingerprint density at radius 1 is 0.792 bits per heavy atom. The molecule has 0 heteroatoms. The molecule has 2 aromatic carbocycles. The Bertz CT molecular complexity index is 605. The van der Waals surface area contributed by atoms with Crippen LogP contribution >= 0.6 is 0 Å². The molecule has 128 valence electrons. The topological polar surface area (TPSA) is 0 Å². The molecule has 24 heavy (non-hydrogen) atoms. The van der Waals surface area contributed by atoms with Gasteiger partial charge in [-0.25, -0.2) is 0 Å². The van der Waals surface area contributed by atoms with Gasteiger partial charge in [-0.1, -0.05) is 81.3 Å². The van der Waals surface area contributed by atoms with Crippen molar-refractivity contribution < 1.29 is 0 Å². The van der Waals surface area contributed by atoms with E-state index in [-0.39, 0.29) is 0 Å². The van der Waals surface area contributed by atoms with Gasteiger partial charge < -0.3 is 0 Å². The maximum atomic E-state index is 2.47. The molecule has 1 aliphatic carbocycles. The second-order valence-electron chi connectivity index (χ2n) is 8.01. The Morgan fingerprint density at radius 2 is 1.42 bits per heavy atom. The lowest BCUT2D eigenvalue weighted by molar-refractivity contribution is 0.222. The van der Waals surface area contributed by atoms with Crippen LogP contribution in [-0.2, 0) is 19.3 Å². The molecule has 0 spiro atoms. The first-order valence-corrected chi connectivity index (χ1v) is 9.82. The van der Waals surface area contributed by atoms with Gasteiger partial charge in [0.25, 0.3) is 0 Å². The van der Waals surface area contributed by atoms with Gasteiger partial charge in [-0.15, -0.1) is 0 Å². The van der Waals surface area contributed by atoms with Crippen molar-refractivity contribution in [2.45, 2.75) is 58.8 Å². The van der Waals surface area contributed by atoms with E-state index in [1.54, 1.807) is 0 Å². The summed E-state index contributed by atoms with van der Waals surface area (Å²) in [6.45, 7) is 4.88. The average molecular weight is 321 g/mol. The van der Waals surface area contributed by atoms with Gasteiger partial charge in [-0.3, -0.25) is 0 Å².